The number of hydrogen-bond donors (Lipinski definition) is 4. The molecule has 1 atom stereocenters. The molecule has 1 fully saturated rings. The van der Waals surface area contributed by atoms with Gasteiger partial charge in [0, 0.05) is 25.2 Å². The van der Waals surface area contributed by atoms with Crippen molar-refractivity contribution in [3.8, 4) is 0 Å². The Hall–Kier alpha value is -3.18. The van der Waals surface area contributed by atoms with Crippen molar-refractivity contribution in [2.45, 2.75) is 18.5 Å². The molecule has 1 saturated heterocycles. The molecule has 1 unspecified atom stereocenters. The van der Waals surface area contributed by atoms with Gasteiger partial charge in [0.1, 0.15) is 0 Å². The topological polar surface area (TPSA) is 169 Å². The fourth-order valence-corrected chi connectivity index (χ4v) is 3.02. The molecule has 0 spiro atoms. The number of nitrogen functional groups attached to an aromatic ring is 1. The third-order valence-corrected chi connectivity index (χ3v) is 4.69. The van der Waals surface area contributed by atoms with Crippen LogP contribution < -0.4 is 11.5 Å². The zero-order valence-corrected chi connectivity index (χ0v) is 17.7. The molecule has 1 aromatic carbocycles. The zero-order valence-electron chi connectivity index (χ0n) is 16.9. The van der Waals surface area contributed by atoms with Crippen molar-refractivity contribution < 1.29 is 55.7 Å². The van der Waals surface area contributed by atoms with E-state index in [9.17, 15) is 31.1 Å². The van der Waals surface area contributed by atoms with Crippen molar-refractivity contribution in [2.75, 3.05) is 32.0 Å². The number of thiazole rings is 1. The first-order valence-corrected chi connectivity index (χ1v) is 9.75. The smallest absolute Gasteiger partial charge is 0.475 e. The number of nitrogens with zero attached hydrogens (tertiary/aromatic N) is 2. The Morgan fingerprint density at radius 2 is 1.65 bits per heavy atom. The van der Waals surface area contributed by atoms with E-state index in [1.165, 1.54) is 11.3 Å². The van der Waals surface area contributed by atoms with Gasteiger partial charge < -0.3 is 31.3 Å². The SMILES string of the molecule is NCC1CN(C(=O)c2ccc3sc(N)nc3c2)CCO1.O=C(O)C(F)(F)F.O=C(O)C(F)(F)F. The third-order valence-electron chi connectivity index (χ3n) is 3.82. The summed E-state index contributed by atoms with van der Waals surface area (Å²) < 4.78 is 69.9. The Morgan fingerprint density at radius 3 is 2.12 bits per heavy atom. The molecule has 3 rings (SSSR count). The number of ether oxygens (including phenoxy) is 1. The van der Waals surface area contributed by atoms with Crippen LogP contribution >= 0.6 is 11.3 Å². The van der Waals surface area contributed by atoms with Gasteiger partial charge in [0.2, 0.25) is 0 Å². The number of carboxylic acid groups (broad SMARTS) is 2. The van der Waals surface area contributed by atoms with E-state index >= 15 is 0 Å². The fraction of sp³-hybridized carbons (Fsp3) is 0.412. The van der Waals surface area contributed by atoms with Gasteiger partial charge in [0.15, 0.2) is 5.13 Å². The van der Waals surface area contributed by atoms with Crippen LogP contribution in [0.5, 0.6) is 0 Å². The predicted octanol–water partition coefficient (Wildman–Crippen LogP) is 1.94. The molecule has 1 aliphatic rings. The Labute approximate surface area is 190 Å². The van der Waals surface area contributed by atoms with Gasteiger partial charge in [0.05, 0.1) is 22.9 Å². The number of fused-ring (bicyclic) bond motifs is 1. The van der Waals surface area contributed by atoms with Gasteiger partial charge in [-0.3, -0.25) is 4.79 Å². The number of carboxylic acids is 2. The summed E-state index contributed by atoms with van der Waals surface area (Å²) in [7, 11) is 0. The summed E-state index contributed by atoms with van der Waals surface area (Å²) in [6.45, 7) is 2.07. The lowest BCUT2D eigenvalue weighted by atomic mass is 10.1. The molecular weight excluding hydrogens is 502 g/mol. The second-order valence-corrected chi connectivity index (χ2v) is 7.38. The van der Waals surface area contributed by atoms with Crippen LogP contribution in [-0.2, 0) is 14.3 Å². The van der Waals surface area contributed by atoms with E-state index in [4.69, 9.17) is 36.0 Å². The number of benzene rings is 1. The standard InChI is InChI=1S/C13H16N4O2S.2C2HF3O2/c14-6-9-7-17(3-4-19-9)12(18)8-1-2-11-10(5-8)16-13(15)20-11;2*3-2(4,5)1(6)7/h1-2,5,9H,3-4,6-7,14H2,(H2,15,16);2*(H,6,7). The lowest BCUT2D eigenvalue weighted by Gasteiger charge is -2.32. The van der Waals surface area contributed by atoms with E-state index in [0.29, 0.717) is 36.9 Å². The van der Waals surface area contributed by atoms with E-state index in [-0.39, 0.29) is 12.0 Å². The summed E-state index contributed by atoms with van der Waals surface area (Å²) in [5, 5.41) is 14.8. The average Bonchev–Trinajstić information content (AvgIpc) is 3.12. The molecule has 17 heteroatoms. The average molecular weight is 520 g/mol. The van der Waals surface area contributed by atoms with Crippen molar-refractivity contribution in [3.05, 3.63) is 23.8 Å². The summed E-state index contributed by atoms with van der Waals surface area (Å²) in [5.41, 5.74) is 12.7. The van der Waals surface area contributed by atoms with Gasteiger partial charge in [-0.05, 0) is 18.2 Å². The highest BCUT2D eigenvalue weighted by Gasteiger charge is 2.38. The normalized spacial score (nSPS) is 16.1. The number of anilines is 1. The van der Waals surface area contributed by atoms with Gasteiger partial charge in [-0.1, -0.05) is 11.3 Å². The van der Waals surface area contributed by atoms with E-state index in [1.807, 2.05) is 12.1 Å². The Balaban J connectivity index is 0.000000343. The largest absolute Gasteiger partial charge is 0.490 e. The number of carbonyl (C=O) groups excluding carboxylic acids is 1. The number of halogens is 6. The number of amides is 1. The third kappa shape index (κ3) is 8.99. The molecule has 0 bridgehead atoms. The summed E-state index contributed by atoms with van der Waals surface area (Å²) in [6, 6.07) is 5.49. The van der Waals surface area contributed by atoms with E-state index in [2.05, 4.69) is 4.98 Å². The van der Waals surface area contributed by atoms with E-state index in [0.717, 1.165) is 10.2 Å². The Kier molecular flexibility index (Phi) is 10.0. The highest BCUT2D eigenvalue weighted by Crippen LogP contribution is 2.25. The van der Waals surface area contributed by atoms with Crippen LogP contribution in [0.15, 0.2) is 18.2 Å². The Morgan fingerprint density at radius 1 is 1.12 bits per heavy atom. The number of aliphatic carboxylic acids is 2. The number of rotatable bonds is 2. The first-order chi connectivity index (χ1) is 15.6. The maximum Gasteiger partial charge on any atom is 0.490 e. The minimum Gasteiger partial charge on any atom is -0.475 e. The van der Waals surface area contributed by atoms with Gasteiger partial charge >= 0.3 is 24.3 Å². The van der Waals surface area contributed by atoms with Crippen LogP contribution in [0.3, 0.4) is 0 Å². The molecule has 2 aromatic rings. The molecule has 1 aliphatic heterocycles. The first-order valence-electron chi connectivity index (χ1n) is 8.93. The predicted molar refractivity (Wildman–Crippen MR) is 106 cm³/mol. The minimum absolute atomic E-state index is 0.0137. The molecule has 0 aliphatic carbocycles. The van der Waals surface area contributed by atoms with Crippen LogP contribution in [0.25, 0.3) is 10.2 Å². The molecule has 0 saturated carbocycles. The summed E-state index contributed by atoms with van der Waals surface area (Å²) >= 11 is 1.42. The van der Waals surface area contributed by atoms with Crippen molar-refractivity contribution in [3.63, 3.8) is 0 Å². The molecule has 6 N–H and O–H groups in total. The number of aromatic nitrogens is 1. The van der Waals surface area contributed by atoms with Crippen LogP contribution in [0.1, 0.15) is 10.4 Å². The van der Waals surface area contributed by atoms with Crippen molar-refractivity contribution in [1.29, 1.82) is 0 Å². The monoisotopic (exact) mass is 520 g/mol. The van der Waals surface area contributed by atoms with Gasteiger partial charge in [-0.2, -0.15) is 26.3 Å². The second-order valence-electron chi connectivity index (χ2n) is 6.32. The molecule has 2 heterocycles. The number of carbonyl (C=O) groups is 3. The maximum absolute atomic E-state index is 12.5. The maximum atomic E-state index is 12.5. The Bertz CT molecular complexity index is 989. The van der Waals surface area contributed by atoms with Gasteiger partial charge in [0.25, 0.3) is 5.91 Å². The highest BCUT2D eigenvalue weighted by molar-refractivity contribution is 7.22. The molecule has 190 valence electrons. The molecule has 34 heavy (non-hydrogen) atoms. The van der Waals surface area contributed by atoms with Crippen molar-refractivity contribution >= 4 is 44.5 Å². The van der Waals surface area contributed by atoms with Crippen LogP contribution in [0.4, 0.5) is 31.5 Å². The number of hydrogen-bond acceptors (Lipinski definition) is 8. The van der Waals surface area contributed by atoms with E-state index < -0.39 is 24.3 Å². The van der Waals surface area contributed by atoms with Crippen LogP contribution in [-0.4, -0.2) is 82.6 Å². The lowest BCUT2D eigenvalue weighted by Crippen LogP contribution is -2.48. The number of morpholine rings is 1. The number of nitrogens with two attached hydrogens (primary N) is 2. The molecular formula is C17H18F6N4O6S. The van der Waals surface area contributed by atoms with Gasteiger partial charge in [-0.15, -0.1) is 0 Å². The molecule has 10 nitrogen and oxygen atoms in total. The summed E-state index contributed by atoms with van der Waals surface area (Å²) in [5.74, 6) is -5.53. The first kappa shape index (κ1) is 28.9. The molecule has 1 amide bonds. The van der Waals surface area contributed by atoms with Crippen LogP contribution in [0.2, 0.25) is 0 Å². The highest BCUT2D eigenvalue weighted by atomic mass is 32.1. The van der Waals surface area contributed by atoms with E-state index in [1.54, 1.807) is 11.0 Å². The molecule has 1 aromatic heterocycles. The van der Waals surface area contributed by atoms with Crippen LogP contribution in [0, 0.1) is 0 Å². The summed E-state index contributed by atoms with van der Waals surface area (Å²) in [6.07, 6.45) is -10.2. The van der Waals surface area contributed by atoms with Gasteiger partial charge in [-0.25, -0.2) is 14.6 Å². The second kappa shape index (κ2) is 11.8. The fourth-order valence-electron chi connectivity index (χ4n) is 2.31. The summed E-state index contributed by atoms with van der Waals surface area (Å²) in [4.78, 5) is 36.3. The number of alkyl halides is 6. The quantitative estimate of drug-likeness (QED) is 0.432. The molecule has 0 radical (unpaired) electrons. The zero-order chi connectivity index (χ0) is 26.3. The lowest BCUT2D eigenvalue weighted by molar-refractivity contribution is -0.193. The van der Waals surface area contributed by atoms with Crippen molar-refractivity contribution in [2.24, 2.45) is 5.73 Å². The van der Waals surface area contributed by atoms with Crippen molar-refractivity contribution in [1.82, 2.24) is 9.88 Å². The minimum atomic E-state index is -5.08.